The first-order valence-electron chi connectivity index (χ1n) is 7.50. The molecule has 0 unspecified atom stereocenters. The van der Waals surface area contributed by atoms with Gasteiger partial charge in [0.2, 0.25) is 0 Å². The van der Waals surface area contributed by atoms with E-state index in [0.29, 0.717) is 19.1 Å². The number of alkyl halides is 3. The maximum Gasteiger partial charge on any atom is 0.391 e. The first kappa shape index (κ1) is 21.3. The number of nitrogens with zero attached hydrogens (tertiary/aromatic N) is 1. The highest BCUT2D eigenvalue weighted by atomic mass is 35.5. The van der Waals surface area contributed by atoms with Gasteiger partial charge in [-0.1, -0.05) is 0 Å². The molecule has 2 aliphatic rings. The van der Waals surface area contributed by atoms with Gasteiger partial charge in [-0.05, 0) is 70.5 Å². The molecular formula is C14H27Cl2F3N2. The van der Waals surface area contributed by atoms with Crippen molar-refractivity contribution in [1.29, 1.82) is 0 Å². The second-order valence-electron chi connectivity index (χ2n) is 6.23. The minimum Gasteiger partial charge on any atom is -0.328 e. The molecule has 0 aromatic rings. The summed E-state index contributed by atoms with van der Waals surface area (Å²) < 4.78 is 37.7. The topological polar surface area (TPSA) is 29.3 Å². The third kappa shape index (κ3) is 6.93. The van der Waals surface area contributed by atoms with E-state index in [9.17, 15) is 13.2 Å². The van der Waals surface area contributed by atoms with Gasteiger partial charge in [-0.25, -0.2) is 0 Å². The molecule has 0 aromatic carbocycles. The zero-order chi connectivity index (χ0) is 13.9. The van der Waals surface area contributed by atoms with Gasteiger partial charge < -0.3 is 10.6 Å². The van der Waals surface area contributed by atoms with Crippen LogP contribution in [0.25, 0.3) is 0 Å². The Morgan fingerprint density at radius 3 is 1.90 bits per heavy atom. The fourth-order valence-electron chi connectivity index (χ4n) is 3.33. The summed E-state index contributed by atoms with van der Waals surface area (Å²) in [5.41, 5.74) is 5.87. The quantitative estimate of drug-likeness (QED) is 0.832. The lowest BCUT2D eigenvalue weighted by Gasteiger charge is -2.34. The van der Waals surface area contributed by atoms with Crippen LogP contribution >= 0.6 is 24.8 Å². The van der Waals surface area contributed by atoms with Crippen molar-refractivity contribution in [3.63, 3.8) is 0 Å². The Labute approximate surface area is 137 Å². The molecule has 128 valence electrons. The standard InChI is InChI=1S/C14H25F3N2.2ClH/c15-14(16,17)12-6-9-19(10-7-12)8-5-11-1-3-13(18)4-2-11;;/h11-13H,1-10,18H2;2*1H. The van der Waals surface area contributed by atoms with E-state index in [1.165, 1.54) is 12.8 Å². The maximum absolute atomic E-state index is 12.6. The number of piperidine rings is 1. The van der Waals surface area contributed by atoms with Gasteiger partial charge in [0.15, 0.2) is 0 Å². The molecule has 21 heavy (non-hydrogen) atoms. The zero-order valence-corrected chi connectivity index (χ0v) is 13.9. The summed E-state index contributed by atoms with van der Waals surface area (Å²) in [5.74, 6) is -0.337. The monoisotopic (exact) mass is 350 g/mol. The minimum atomic E-state index is -3.99. The zero-order valence-electron chi connectivity index (χ0n) is 12.3. The Balaban J connectivity index is 0.00000200. The van der Waals surface area contributed by atoms with Crippen LogP contribution in [0.5, 0.6) is 0 Å². The number of likely N-dealkylation sites (tertiary alicyclic amines) is 1. The van der Waals surface area contributed by atoms with Crippen molar-refractivity contribution in [2.24, 2.45) is 17.6 Å². The number of hydrogen-bond acceptors (Lipinski definition) is 2. The summed E-state index contributed by atoms with van der Waals surface area (Å²) in [7, 11) is 0. The Kier molecular flexibility index (Phi) is 9.56. The van der Waals surface area contributed by atoms with Crippen LogP contribution in [0, 0.1) is 11.8 Å². The van der Waals surface area contributed by atoms with E-state index in [-0.39, 0.29) is 37.7 Å². The molecule has 0 spiro atoms. The molecule has 0 aromatic heterocycles. The third-order valence-corrected chi connectivity index (χ3v) is 4.80. The molecule has 1 saturated heterocycles. The Morgan fingerprint density at radius 2 is 1.43 bits per heavy atom. The van der Waals surface area contributed by atoms with E-state index in [2.05, 4.69) is 4.90 Å². The van der Waals surface area contributed by atoms with E-state index in [0.717, 1.165) is 31.7 Å². The molecule has 2 nitrogen and oxygen atoms in total. The maximum atomic E-state index is 12.6. The second kappa shape index (κ2) is 9.43. The highest BCUT2D eigenvalue weighted by molar-refractivity contribution is 5.85. The average molecular weight is 351 g/mol. The molecule has 1 aliphatic heterocycles. The van der Waals surface area contributed by atoms with E-state index in [1.807, 2.05) is 0 Å². The minimum absolute atomic E-state index is 0. The van der Waals surface area contributed by atoms with Crippen LogP contribution < -0.4 is 5.73 Å². The Bertz CT molecular complexity index is 274. The molecule has 2 fully saturated rings. The van der Waals surface area contributed by atoms with Crippen LogP contribution in [0.2, 0.25) is 0 Å². The SMILES string of the molecule is Cl.Cl.NC1CCC(CCN2CCC(C(F)(F)F)CC2)CC1. The van der Waals surface area contributed by atoms with Crippen molar-refractivity contribution < 1.29 is 13.2 Å². The largest absolute Gasteiger partial charge is 0.391 e. The lowest BCUT2D eigenvalue weighted by molar-refractivity contribution is -0.185. The van der Waals surface area contributed by atoms with Gasteiger partial charge in [-0.3, -0.25) is 0 Å². The fourth-order valence-corrected chi connectivity index (χ4v) is 3.33. The summed E-state index contributed by atoms with van der Waals surface area (Å²) in [5, 5.41) is 0. The van der Waals surface area contributed by atoms with Crippen LogP contribution in [0.1, 0.15) is 44.9 Å². The van der Waals surface area contributed by atoms with Gasteiger partial charge in [0.05, 0.1) is 5.92 Å². The van der Waals surface area contributed by atoms with Crippen molar-refractivity contribution in [2.75, 3.05) is 19.6 Å². The molecular weight excluding hydrogens is 324 g/mol. The smallest absolute Gasteiger partial charge is 0.328 e. The van der Waals surface area contributed by atoms with Crippen molar-refractivity contribution in [3.05, 3.63) is 0 Å². The van der Waals surface area contributed by atoms with Crippen LogP contribution in [0.15, 0.2) is 0 Å². The Morgan fingerprint density at radius 1 is 0.905 bits per heavy atom. The summed E-state index contributed by atoms with van der Waals surface area (Å²) >= 11 is 0. The van der Waals surface area contributed by atoms with Gasteiger partial charge in [0.25, 0.3) is 0 Å². The molecule has 2 N–H and O–H groups in total. The fraction of sp³-hybridized carbons (Fsp3) is 1.00. The molecule has 0 radical (unpaired) electrons. The van der Waals surface area contributed by atoms with Crippen LogP contribution in [-0.2, 0) is 0 Å². The number of hydrogen-bond donors (Lipinski definition) is 1. The molecule has 0 amide bonds. The summed E-state index contributed by atoms with van der Waals surface area (Å²) in [6, 6.07) is 0.374. The molecule has 1 heterocycles. The average Bonchev–Trinajstić information content (AvgIpc) is 2.37. The van der Waals surface area contributed by atoms with Crippen LogP contribution in [0.4, 0.5) is 13.2 Å². The van der Waals surface area contributed by atoms with Gasteiger partial charge in [0.1, 0.15) is 0 Å². The van der Waals surface area contributed by atoms with Crippen molar-refractivity contribution in [1.82, 2.24) is 4.90 Å². The Hall–Kier alpha value is 0.290. The van der Waals surface area contributed by atoms with E-state index < -0.39 is 12.1 Å². The number of nitrogens with two attached hydrogens (primary N) is 1. The van der Waals surface area contributed by atoms with Gasteiger partial charge in [-0.2, -0.15) is 13.2 Å². The summed E-state index contributed by atoms with van der Waals surface area (Å²) in [6.45, 7) is 2.18. The summed E-state index contributed by atoms with van der Waals surface area (Å²) in [6.07, 6.45) is 2.30. The van der Waals surface area contributed by atoms with Crippen LogP contribution in [0.3, 0.4) is 0 Å². The first-order valence-corrected chi connectivity index (χ1v) is 7.50. The van der Waals surface area contributed by atoms with Crippen molar-refractivity contribution >= 4 is 24.8 Å². The molecule has 1 saturated carbocycles. The highest BCUT2D eigenvalue weighted by Gasteiger charge is 2.40. The molecule has 0 bridgehead atoms. The normalized spacial score (nSPS) is 28.6. The number of halogens is 5. The van der Waals surface area contributed by atoms with Crippen LogP contribution in [-0.4, -0.2) is 36.8 Å². The van der Waals surface area contributed by atoms with Gasteiger partial charge in [0, 0.05) is 6.04 Å². The molecule has 2 rings (SSSR count). The molecule has 1 aliphatic carbocycles. The van der Waals surface area contributed by atoms with E-state index in [1.54, 1.807) is 0 Å². The molecule has 7 heteroatoms. The van der Waals surface area contributed by atoms with E-state index >= 15 is 0 Å². The summed E-state index contributed by atoms with van der Waals surface area (Å²) in [4.78, 5) is 2.21. The first-order chi connectivity index (χ1) is 8.95. The van der Waals surface area contributed by atoms with Gasteiger partial charge in [-0.15, -0.1) is 24.8 Å². The predicted octanol–water partition coefficient (Wildman–Crippen LogP) is 4.01. The van der Waals surface area contributed by atoms with E-state index in [4.69, 9.17) is 5.73 Å². The third-order valence-electron chi connectivity index (χ3n) is 4.80. The lowest BCUT2D eigenvalue weighted by atomic mass is 9.84. The van der Waals surface area contributed by atoms with Gasteiger partial charge >= 0.3 is 6.18 Å². The number of rotatable bonds is 3. The molecule has 0 atom stereocenters. The lowest BCUT2D eigenvalue weighted by Crippen LogP contribution is -2.40. The van der Waals surface area contributed by atoms with Crippen molar-refractivity contribution in [3.8, 4) is 0 Å². The highest BCUT2D eigenvalue weighted by Crippen LogP contribution is 2.34. The second-order valence-corrected chi connectivity index (χ2v) is 6.23. The van der Waals surface area contributed by atoms with Crippen molar-refractivity contribution in [2.45, 2.75) is 57.2 Å². The predicted molar refractivity (Wildman–Crippen MR) is 84.3 cm³/mol.